The third-order valence-corrected chi connectivity index (χ3v) is 14.6. The van der Waals surface area contributed by atoms with E-state index in [1.165, 1.54) is 83.5 Å². The molecule has 12 N–H and O–H groups in total. The van der Waals surface area contributed by atoms with Gasteiger partial charge in [-0.3, -0.25) is 4.79 Å². The summed E-state index contributed by atoms with van der Waals surface area (Å²) in [6.45, 7) is 1.64. The van der Waals surface area contributed by atoms with Gasteiger partial charge in [0.25, 0.3) is 0 Å². The van der Waals surface area contributed by atoms with Crippen molar-refractivity contribution < 1.29 is 89.4 Å². The van der Waals surface area contributed by atoms with E-state index in [1.807, 2.05) is 6.08 Å². The van der Waals surface area contributed by atoms with Gasteiger partial charge in [0.1, 0.15) is 73.2 Å². The fraction of sp³-hybridized carbons (Fsp3) is 0.845. The van der Waals surface area contributed by atoms with Crippen molar-refractivity contribution in [1.82, 2.24) is 5.32 Å². The summed E-state index contributed by atoms with van der Waals surface area (Å²) in [7, 11) is 0. The fourth-order valence-electron chi connectivity index (χ4n) is 9.71. The molecule has 0 aromatic rings. The first-order valence-electron chi connectivity index (χ1n) is 29.4. The Labute approximate surface area is 459 Å². The number of aliphatic hydroxyl groups is 11. The van der Waals surface area contributed by atoms with Crippen LogP contribution in [0.25, 0.3) is 0 Å². The number of hydrogen-bond donors (Lipinski definition) is 12. The van der Waals surface area contributed by atoms with Crippen LogP contribution in [0.4, 0.5) is 0 Å². The number of amides is 1. The van der Waals surface area contributed by atoms with Crippen LogP contribution in [0.1, 0.15) is 181 Å². The van der Waals surface area contributed by atoms with Gasteiger partial charge in [0.15, 0.2) is 18.9 Å². The summed E-state index contributed by atoms with van der Waals surface area (Å²) in [5, 5.41) is 120. The maximum atomic E-state index is 13.3. The summed E-state index contributed by atoms with van der Waals surface area (Å²) in [6.07, 6.45) is 18.1. The van der Waals surface area contributed by atoms with E-state index in [1.54, 1.807) is 6.08 Å². The highest BCUT2D eigenvalue weighted by atomic mass is 16.8. The average molecular weight is 1100 g/mol. The van der Waals surface area contributed by atoms with Gasteiger partial charge in [0, 0.05) is 6.42 Å². The number of carbonyl (C=O) groups excluding carboxylic acids is 1. The molecular weight excluding hydrogens is 999 g/mol. The van der Waals surface area contributed by atoms with Gasteiger partial charge in [0.05, 0.1) is 38.6 Å². The van der Waals surface area contributed by atoms with Crippen LogP contribution < -0.4 is 5.32 Å². The van der Waals surface area contributed by atoms with E-state index >= 15 is 0 Å². The molecule has 3 fully saturated rings. The van der Waals surface area contributed by atoms with Gasteiger partial charge in [0.2, 0.25) is 5.91 Å². The Morgan fingerprint density at radius 3 is 1.40 bits per heavy atom. The summed E-state index contributed by atoms with van der Waals surface area (Å²) in [5.41, 5.74) is 0. The molecular formula is C58H103NO18. The molecule has 17 unspecified atom stereocenters. The molecule has 3 rings (SSSR count). The lowest BCUT2D eigenvalue weighted by atomic mass is 9.96. The molecule has 3 heterocycles. The third kappa shape index (κ3) is 26.0. The minimum atomic E-state index is -1.98. The highest BCUT2D eigenvalue weighted by molar-refractivity contribution is 5.76. The first-order valence-corrected chi connectivity index (χ1v) is 29.4. The first kappa shape index (κ1) is 69.0. The van der Waals surface area contributed by atoms with Gasteiger partial charge in [-0.25, -0.2) is 0 Å². The number of allylic oxidation sites excluding steroid dienone is 7. The number of rotatable bonds is 42. The molecule has 0 aromatic heterocycles. The van der Waals surface area contributed by atoms with E-state index in [0.717, 1.165) is 64.2 Å². The summed E-state index contributed by atoms with van der Waals surface area (Å²) in [4.78, 5) is 13.3. The molecule has 0 spiro atoms. The molecule has 19 heteroatoms. The largest absolute Gasteiger partial charge is 0.394 e. The second kappa shape index (κ2) is 41.7. The van der Waals surface area contributed by atoms with Crippen molar-refractivity contribution in [2.75, 3.05) is 26.4 Å². The predicted octanol–water partition coefficient (Wildman–Crippen LogP) is 4.70. The second-order valence-electron chi connectivity index (χ2n) is 21.1. The highest BCUT2D eigenvalue weighted by Crippen LogP contribution is 2.33. The van der Waals surface area contributed by atoms with Crippen LogP contribution in [0.3, 0.4) is 0 Å². The van der Waals surface area contributed by atoms with Crippen molar-refractivity contribution in [2.24, 2.45) is 0 Å². The Bertz CT molecular complexity index is 1600. The van der Waals surface area contributed by atoms with Crippen molar-refractivity contribution in [3.05, 3.63) is 48.6 Å². The number of unbranched alkanes of at least 4 members (excludes halogenated alkanes) is 20. The van der Waals surface area contributed by atoms with Gasteiger partial charge < -0.3 is 89.9 Å². The van der Waals surface area contributed by atoms with Crippen molar-refractivity contribution in [1.29, 1.82) is 0 Å². The van der Waals surface area contributed by atoms with E-state index in [9.17, 15) is 61.0 Å². The van der Waals surface area contributed by atoms with Gasteiger partial charge >= 0.3 is 0 Å². The van der Waals surface area contributed by atoms with E-state index in [0.29, 0.717) is 12.8 Å². The smallest absolute Gasteiger partial charge is 0.220 e. The zero-order valence-corrected chi connectivity index (χ0v) is 46.4. The molecule has 1 amide bonds. The van der Waals surface area contributed by atoms with Gasteiger partial charge in [-0.2, -0.15) is 0 Å². The molecule has 0 saturated carbocycles. The summed E-state index contributed by atoms with van der Waals surface area (Å²) >= 11 is 0. The molecule has 3 aliphatic rings. The lowest BCUT2D eigenvalue weighted by molar-refractivity contribution is -0.379. The van der Waals surface area contributed by atoms with E-state index in [2.05, 4.69) is 55.6 Å². The van der Waals surface area contributed by atoms with Crippen molar-refractivity contribution in [3.63, 3.8) is 0 Å². The van der Waals surface area contributed by atoms with Crippen LogP contribution in [0.2, 0.25) is 0 Å². The molecule has 3 aliphatic heterocycles. The number of ether oxygens (including phenoxy) is 6. The standard InChI is InChI=1S/C58H103NO18/c1-3-5-7-9-11-13-15-17-19-20-22-23-25-27-29-31-33-35-42(63)41(59-46(64)36-34-32-30-28-26-24-21-18-16-14-12-10-8-6-4-2)40-72-56-52(70)49(67)54(44(38-61)74-56)77-58-53(71)50(68)55(45(39-62)75-58)76-57-51(69)48(66)47(65)43(37-60)73-57/h12,14,18,21,25,27,33,35,41-45,47-58,60-63,65-71H,3-11,13,15-17,19-20,22-24,26,28-32,34,36-40H2,1-2H3,(H,59,64)/b14-12-,21-18-,27-25+,35-33+. The van der Waals surface area contributed by atoms with Crippen LogP contribution in [0.15, 0.2) is 48.6 Å². The number of aliphatic hydroxyl groups excluding tert-OH is 11. The Hall–Kier alpha value is -2.25. The molecule has 77 heavy (non-hydrogen) atoms. The highest BCUT2D eigenvalue weighted by Gasteiger charge is 2.53. The zero-order valence-electron chi connectivity index (χ0n) is 46.4. The van der Waals surface area contributed by atoms with E-state index in [-0.39, 0.29) is 18.9 Å². The maximum Gasteiger partial charge on any atom is 0.220 e. The van der Waals surface area contributed by atoms with Gasteiger partial charge in [-0.05, 0) is 64.2 Å². The molecule has 19 nitrogen and oxygen atoms in total. The van der Waals surface area contributed by atoms with Crippen LogP contribution in [-0.4, -0.2) is 193 Å². The van der Waals surface area contributed by atoms with Crippen molar-refractivity contribution in [2.45, 2.75) is 285 Å². The second-order valence-corrected chi connectivity index (χ2v) is 21.1. The molecule has 0 aliphatic carbocycles. The normalized spacial score (nSPS) is 31.1. The molecule has 448 valence electrons. The molecule has 17 atom stereocenters. The van der Waals surface area contributed by atoms with Crippen LogP contribution in [0, 0.1) is 0 Å². The predicted molar refractivity (Wildman–Crippen MR) is 291 cm³/mol. The number of nitrogens with one attached hydrogen (secondary N) is 1. The third-order valence-electron chi connectivity index (χ3n) is 14.6. The topological polar surface area (TPSA) is 307 Å². The van der Waals surface area contributed by atoms with Crippen LogP contribution in [0.5, 0.6) is 0 Å². The van der Waals surface area contributed by atoms with E-state index in [4.69, 9.17) is 28.4 Å². The SMILES string of the molecule is CCCCC/C=C\C/C=C\CCCCCCCC(=O)NC(COC1OC(CO)C(OC2OC(CO)C(OC3OC(CO)C(O)C(O)C3O)C(O)C2O)C(O)C1O)C(O)/C=C/CC/C=C/CCCCCCCCCCCCC. The maximum absolute atomic E-state index is 13.3. The van der Waals surface area contributed by atoms with E-state index < -0.39 is 124 Å². The first-order chi connectivity index (χ1) is 37.3. The minimum Gasteiger partial charge on any atom is -0.394 e. The summed E-state index contributed by atoms with van der Waals surface area (Å²) in [5.74, 6) is -0.302. The molecule has 0 aromatic carbocycles. The number of carbonyl (C=O) groups is 1. The zero-order chi connectivity index (χ0) is 56.2. The van der Waals surface area contributed by atoms with Crippen LogP contribution >= 0.6 is 0 Å². The molecule has 3 saturated heterocycles. The van der Waals surface area contributed by atoms with Gasteiger partial charge in [-0.15, -0.1) is 0 Å². The molecule has 0 bridgehead atoms. The Morgan fingerprint density at radius 2 is 0.870 bits per heavy atom. The monoisotopic (exact) mass is 1100 g/mol. The lowest BCUT2D eigenvalue weighted by Crippen LogP contribution is -2.66. The molecule has 0 radical (unpaired) electrons. The lowest BCUT2D eigenvalue weighted by Gasteiger charge is -2.48. The Balaban J connectivity index is 1.54. The average Bonchev–Trinajstić information content (AvgIpc) is 3.43. The number of hydrogen-bond acceptors (Lipinski definition) is 18. The minimum absolute atomic E-state index is 0.218. The van der Waals surface area contributed by atoms with Crippen LogP contribution in [-0.2, 0) is 33.2 Å². The van der Waals surface area contributed by atoms with Crippen molar-refractivity contribution >= 4 is 5.91 Å². The quantitative estimate of drug-likeness (QED) is 0.0291. The Morgan fingerprint density at radius 1 is 0.468 bits per heavy atom. The summed E-state index contributed by atoms with van der Waals surface area (Å²) in [6, 6.07) is -0.997. The van der Waals surface area contributed by atoms with Crippen molar-refractivity contribution in [3.8, 4) is 0 Å². The summed E-state index contributed by atoms with van der Waals surface area (Å²) < 4.78 is 34.2. The van der Waals surface area contributed by atoms with Gasteiger partial charge in [-0.1, -0.05) is 159 Å². The Kier molecular flexibility index (Phi) is 37.4. The fourth-order valence-corrected chi connectivity index (χ4v) is 9.71.